The normalized spacial score (nSPS) is 26.9. The van der Waals surface area contributed by atoms with Crippen LogP contribution in [0.2, 0.25) is 0 Å². The molecule has 1 heterocycles. The van der Waals surface area contributed by atoms with Gasteiger partial charge in [-0.3, -0.25) is 0 Å². The summed E-state index contributed by atoms with van der Waals surface area (Å²) in [7, 11) is 0. The highest BCUT2D eigenvalue weighted by atomic mass is 32.2. The van der Waals surface area contributed by atoms with Gasteiger partial charge in [0.2, 0.25) is 0 Å². The van der Waals surface area contributed by atoms with E-state index in [2.05, 4.69) is 60.9 Å². The highest BCUT2D eigenvalue weighted by Gasteiger charge is 2.27. The highest BCUT2D eigenvalue weighted by Crippen LogP contribution is 2.32. The maximum absolute atomic E-state index is 3.67. The van der Waals surface area contributed by atoms with Gasteiger partial charge in [-0.2, -0.15) is 11.8 Å². The second-order valence-corrected chi connectivity index (χ2v) is 7.78. The summed E-state index contributed by atoms with van der Waals surface area (Å²) < 4.78 is 0. The van der Waals surface area contributed by atoms with Crippen molar-refractivity contribution >= 4 is 17.4 Å². The van der Waals surface area contributed by atoms with Gasteiger partial charge in [-0.1, -0.05) is 24.6 Å². The summed E-state index contributed by atoms with van der Waals surface area (Å²) in [6, 6.07) is 8.35. The molecule has 0 spiro atoms. The van der Waals surface area contributed by atoms with Gasteiger partial charge in [0.1, 0.15) is 0 Å². The van der Waals surface area contributed by atoms with Gasteiger partial charge in [0, 0.05) is 41.9 Å². The zero-order valence-electron chi connectivity index (χ0n) is 12.9. The largest absolute Gasteiger partial charge is 0.367 e. The maximum atomic E-state index is 3.67. The lowest BCUT2D eigenvalue weighted by molar-refractivity contribution is 0.618. The van der Waals surface area contributed by atoms with E-state index in [4.69, 9.17) is 0 Å². The first-order chi connectivity index (χ1) is 9.65. The van der Waals surface area contributed by atoms with E-state index in [1.807, 2.05) is 0 Å². The molecule has 2 nitrogen and oxygen atoms in total. The van der Waals surface area contributed by atoms with Gasteiger partial charge < -0.3 is 10.2 Å². The summed E-state index contributed by atoms with van der Waals surface area (Å²) in [4.78, 5) is 2.62. The Labute approximate surface area is 127 Å². The summed E-state index contributed by atoms with van der Waals surface area (Å²) >= 11 is 2.10. The van der Waals surface area contributed by atoms with Crippen molar-refractivity contribution in [2.24, 2.45) is 0 Å². The number of thioether (sulfide) groups is 1. The number of hydrogen-bond donors (Lipinski definition) is 1. The lowest BCUT2D eigenvalue weighted by atomic mass is 10.1. The molecule has 2 atom stereocenters. The fraction of sp³-hybridized carbons (Fsp3) is 0.647. The summed E-state index contributed by atoms with van der Waals surface area (Å²) in [5.41, 5.74) is 4.29. The van der Waals surface area contributed by atoms with E-state index >= 15 is 0 Å². The molecule has 1 aromatic carbocycles. The topological polar surface area (TPSA) is 15.3 Å². The SMILES string of the molecule is Cc1ccc(N2CCSC(C)C2C)c(CNC2CC2)c1. The van der Waals surface area contributed by atoms with Crippen molar-refractivity contribution in [2.75, 3.05) is 17.2 Å². The van der Waals surface area contributed by atoms with E-state index in [9.17, 15) is 0 Å². The Balaban J connectivity index is 1.82. The highest BCUT2D eigenvalue weighted by molar-refractivity contribution is 8.00. The molecule has 1 aromatic rings. The van der Waals surface area contributed by atoms with Crippen LogP contribution < -0.4 is 10.2 Å². The van der Waals surface area contributed by atoms with E-state index in [0.717, 1.165) is 12.6 Å². The number of hydrogen-bond acceptors (Lipinski definition) is 3. The molecule has 1 aliphatic carbocycles. The molecule has 0 bridgehead atoms. The van der Waals surface area contributed by atoms with Crippen molar-refractivity contribution in [3.05, 3.63) is 29.3 Å². The van der Waals surface area contributed by atoms with Crippen LogP contribution in [0.4, 0.5) is 5.69 Å². The summed E-state index contributed by atoms with van der Waals surface area (Å²) in [6.07, 6.45) is 2.71. The van der Waals surface area contributed by atoms with Gasteiger partial charge in [-0.05, 0) is 38.3 Å². The van der Waals surface area contributed by atoms with Gasteiger partial charge in [-0.25, -0.2) is 0 Å². The maximum Gasteiger partial charge on any atom is 0.0415 e. The number of rotatable bonds is 4. The molecular weight excluding hydrogens is 264 g/mol. The Kier molecular flexibility index (Phi) is 4.27. The second kappa shape index (κ2) is 5.98. The molecule has 3 rings (SSSR count). The van der Waals surface area contributed by atoms with Gasteiger partial charge in [0.15, 0.2) is 0 Å². The first-order valence-electron chi connectivity index (χ1n) is 7.86. The lowest BCUT2D eigenvalue weighted by Crippen LogP contribution is -2.45. The minimum absolute atomic E-state index is 0.621. The Morgan fingerprint density at radius 1 is 1.30 bits per heavy atom. The van der Waals surface area contributed by atoms with Crippen LogP contribution in [0, 0.1) is 6.92 Å². The van der Waals surface area contributed by atoms with Crippen LogP contribution >= 0.6 is 11.8 Å². The number of anilines is 1. The van der Waals surface area contributed by atoms with Crippen LogP contribution in [0.1, 0.15) is 37.8 Å². The summed E-state index contributed by atoms with van der Waals surface area (Å²) in [5, 5.41) is 4.39. The average Bonchev–Trinajstić information content (AvgIpc) is 3.24. The first-order valence-corrected chi connectivity index (χ1v) is 8.91. The Bertz CT molecular complexity index is 470. The Morgan fingerprint density at radius 3 is 2.85 bits per heavy atom. The van der Waals surface area contributed by atoms with E-state index < -0.39 is 0 Å². The van der Waals surface area contributed by atoms with Crippen LogP contribution in [0.3, 0.4) is 0 Å². The van der Waals surface area contributed by atoms with Gasteiger partial charge in [0.05, 0.1) is 0 Å². The lowest BCUT2D eigenvalue weighted by Gasteiger charge is -2.40. The summed E-state index contributed by atoms with van der Waals surface area (Å²) in [6.45, 7) is 9.12. The number of nitrogens with zero attached hydrogens (tertiary/aromatic N) is 1. The number of aryl methyl sites for hydroxylation is 1. The molecule has 2 fully saturated rings. The van der Waals surface area contributed by atoms with Crippen LogP contribution in [0.15, 0.2) is 18.2 Å². The van der Waals surface area contributed by atoms with E-state index in [1.165, 1.54) is 42.0 Å². The van der Waals surface area contributed by atoms with Crippen LogP contribution in [-0.2, 0) is 6.54 Å². The zero-order valence-corrected chi connectivity index (χ0v) is 13.7. The molecule has 20 heavy (non-hydrogen) atoms. The van der Waals surface area contributed by atoms with Crippen LogP contribution in [0.5, 0.6) is 0 Å². The molecule has 0 amide bonds. The average molecular weight is 290 g/mol. The predicted octanol–water partition coefficient (Wildman–Crippen LogP) is 3.58. The predicted molar refractivity (Wildman–Crippen MR) is 89.8 cm³/mol. The molecule has 1 saturated heterocycles. The van der Waals surface area contributed by atoms with Crippen molar-refractivity contribution in [1.29, 1.82) is 0 Å². The van der Waals surface area contributed by atoms with Crippen molar-refractivity contribution in [3.63, 3.8) is 0 Å². The first kappa shape index (κ1) is 14.3. The Morgan fingerprint density at radius 2 is 2.10 bits per heavy atom. The van der Waals surface area contributed by atoms with Gasteiger partial charge >= 0.3 is 0 Å². The molecule has 0 radical (unpaired) electrons. The van der Waals surface area contributed by atoms with E-state index in [0.29, 0.717) is 11.3 Å². The minimum Gasteiger partial charge on any atom is -0.367 e. The molecular formula is C17H26N2S. The van der Waals surface area contributed by atoms with Crippen molar-refractivity contribution in [1.82, 2.24) is 5.32 Å². The zero-order chi connectivity index (χ0) is 14.1. The molecule has 2 unspecified atom stereocenters. The smallest absolute Gasteiger partial charge is 0.0415 e. The molecule has 1 saturated carbocycles. The van der Waals surface area contributed by atoms with Crippen LogP contribution in [0.25, 0.3) is 0 Å². The van der Waals surface area contributed by atoms with E-state index in [-0.39, 0.29) is 0 Å². The molecule has 3 heteroatoms. The standard InChI is InChI=1S/C17H26N2S/c1-12-4-7-17(15(10-12)11-18-16-5-6-16)19-8-9-20-14(3)13(19)2/h4,7,10,13-14,16,18H,5-6,8-9,11H2,1-3H3. The van der Waals surface area contributed by atoms with Crippen LogP contribution in [-0.4, -0.2) is 29.6 Å². The van der Waals surface area contributed by atoms with Crippen molar-refractivity contribution in [2.45, 2.75) is 57.5 Å². The molecule has 0 aromatic heterocycles. The third-order valence-electron chi connectivity index (χ3n) is 4.59. The molecule has 2 aliphatic rings. The van der Waals surface area contributed by atoms with Gasteiger partial charge in [0.25, 0.3) is 0 Å². The number of benzene rings is 1. The second-order valence-electron chi connectivity index (χ2n) is 6.30. The fourth-order valence-electron chi connectivity index (χ4n) is 2.95. The molecule has 110 valence electrons. The summed E-state index contributed by atoms with van der Waals surface area (Å²) in [5.74, 6) is 1.24. The van der Waals surface area contributed by atoms with Crippen molar-refractivity contribution in [3.8, 4) is 0 Å². The number of nitrogens with one attached hydrogen (secondary N) is 1. The third kappa shape index (κ3) is 3.15. The fourth-order valence-corrected chi connectivity index (χ4v) is 4.05. The third-order valence-corrected chi connectivity index (χ3v) is 5.92. The minimum atomic E-state index is 0.621. The van der Waals surface area contributed by atoms with Gasteiger partial charge in [-0.15, -0.1) is 0 Å². The molecule has 1 aliphatic heterocycles. The monoisotopic (exact) mass is 290 g/mol. The Hall–Kier alpha value is -0.670. The van der Waals surface area contributed by atoms with E-state index in [1.54, 1.807) is 0 Å². The van der Waals surface area contributed by atoms with Crippen molar-refractivity contribution < 1.29 is 0 Å². The molecule has 1 N–H and O–H groups in total. The quantitative estimate of drug-likeness (QED) is 0.912.